The van der Waals surface area contributed by atoms with E-state index in [-0.39, 0.29) is 17.4 Å². The lowest BCUT2D eigenvalue weighted by Gasteiger charge is -2.28. The molecule has 1 saturated carbocycles. The van der Waals surface area contributed by atoms with Crippen LogP contribution in [0.2, 0.25) is 0 Å². The second-order valence-electron chi connectivity index (χ2n) is 4.27. The maximum atomic E-state index is 13.6. The van der Waals surface area contributed by atoms with Gasteiger partial charge in [0, 0.05) is 0 Å². The second-order valence-corrected chi connectivity index (χ2v) is 4.27. The molecule has 1 aliphatic rings. The lowest BCUT2D eigenvalue weighted by atomic mass is 9.95. The third-order valence-corrected chi connectivity index (χ3v) is 3.01. The molecule has 2 atom stereocenters. The average molecular weight is 235 g/mol. The van der Waals surface area contributed by atoms with Gasteiger partial charge in [0.25, 0.3) is 0 Å². The van der Waals surface area contributed by atoms with Crippen LogP contribution in [0.15, 0.2) is 18.2 Å². The average Bonchev–Trinajstić information content (AvgIpc) is 2.34. The van der Waals surface area contributed by atoms with Crippen LogP contribution in [0.25, 0.3) is 0 Å². The van der Waals surface area contributed by atoms with Gasteiger partial charge in [-0.25, -0.2) is 4.39 Å². The molecule has 1 fully saturated rings. The van der Waals surface area contributed by atoms with E-state index in [1.807, 2.05) is 6.07 Å². The smallest absolute Gasteiger partial charge is 0.166 e. The van der Waals surface area contributed by atoms with Gasteiger partial charge >= 0.3 is 0 Å². The Morgan fingerprint density at radius 3 is 2.76 bits per heavy atom. The number of nitriles is 1. The summed E-state index contributed by atoms with van der Waals surface area (Å²) in [6.07, 6.45) is 2.53. The third kappa shape index (κ3) is 2.75. The summed E-state index contributed by atoms with van der Waals surface area (Å²) in [5.74, 6) is -0.447. The summed E-state index contributed by atoms with van der Waals surface area (Å²) < 4.78 is 19.0. The molecule has 1 aromatic rings. The topological polar surface area (TPSA) is 53.2 Å². The van der Waals surface area contributed by atoms with Crippen LogP contribution in [0.5, 0.6) is 5.75 Å². The third-order valence-electron chi connectivity index (χ3n) is 3.01. The van der Waals surface area contributed by atoms with Gasteiger partial charge in [-0.1, -0.05) is 6.42 Å². The first-order valence-corrected chi connectivity index (χ1v) is 5.75. The molecular formula is C13H14FNO2. The van der Waals surface area contributed by atoms with Crippen molar-refractivity contribution in [3.05, 3.63) is 29.6 Å². The number of benzene rings is 1. The zero-order valence-electron chi connectivity index (χ0n) is 9.40. The van der Waals surface area contributed by atoms with E-state index in [0.717, 1.165) is 25.3 Å². The Morgan fingerprint density at radius 2 is 2.12 bits per heavy atom. The minimum atomic E-state index is -0.554. The van der Waals surface area contributed by atoms with Crippen LogP contribution < -0.4 is 4.74 Å². The molecule has 90 valence electrons. The first kappa shape index (κ1) is 11.9. The molecule has 0 unspecified atom stereocenters. The number of hydrogen-bond acceptors (Lipinski definition) is 3. The first-order valence-electron chi connectivity index (χ1n) is 5.75. The van der Waals surface area contributed by atoms with Crippen molar-refractivity contribution >= 4 is 0 Å². The highest BCUT2D eigenvalue weighted by molar-refractivity contribution is 5.36. The van der Waals surface area contributed by atoms with Crippen molar-refractivity contribution < 1.29 is 14.2 Å². The molecule has 1 N–H and O–H groups in total. The Hall–Kier alpha value is -1.60. The normalized spacial score (nSPS) is 24.1. The van der Waals surface area contributed by atoms with Crippen LogP contribution in [0, 0.1) is 17.1 Å². The van der Waals surface area contributed by atoms with Crippen molar-refractivity contribution in [3.63, 3.8) is 0 Å². The fourth-order valence-corrected chi connectivity index (χ4v) is 2.04. The largest absolute Gasteiger partial charge is 0.485 e. The van der Waals surface area contributed by atoms with E-state index in [1.54, 1.807) is 0 Å². The fraction of sp³-hybridized carbons (Fsp3) is 0.462. The van der Waals surface area contributed by atoms with Crippen molar-refractivity contribution in [2.75, 3.05) is 0 Å². The molecule has 17 heavy (non-hydrogen) atoms. The minimum absolute atomic E-state index is 0.106. The van der Waals surface area contributed by atoms with E-state index in [4.69, 9.17) is 10.00 Å². The van der Waals surface area contributed by atoms with Gasteiger partial charge in [0.1, 0.15) is 6.10 Å². The summed E-state index contributed by atoms with van der Waals surface area (Å²) in [7, 11) is 0. The summed E-state index contributed by atoms with van der Waals surface area (Å²) >= 11 is 0. The van der Waals surface area contributed by atoms with Crippen molar-refractivity contribution in [3.8, 4) is 11.8 Å². The van der Waals surface area contributed by atoms with Crippen LogP contribution in [0.3, 0.4) is 0 Å². The molecule has 1 aliphatic carbocycles. The Balaban J connectivity index is 2.10. The summed E-state index contributed by atoms with van der Waals surface area (Å²) in [5.41, 5.74) is 0.263. The molecule has 0 saturated heterocycles. The molecule has 3 nitrogen and oxygen atoms in total. The molecule has 0 spiro atoms. The molecule has 0 heterocycles. The number of halogens is 1. The van der Waals surface area contributed by atoms with Crippen molar-refractivity contribution in [2.24, 2.45) is 0 Å². The molecular weight excluding hydrogens is 221 g/mol. The molecule has 0 aliphatic heterocycles. The summed E-state index contributed by atoms with van der Waals surface area (Å²) in [5, 5.41) is 18.3. The number of aliphatic hydroxyl groups is 1. The highest BCUT2D eigenvalue weighted by atomic mass is 19.1. The van der Waals surface area contributed by atoms with Crippen LogP contribution in [0.4, 0.5) is 4.39 Å². The van der Waals surface area contributed by atoms with Crippen molar-refractivity contribution in [1.82, 2.24) is 0 Å². The molecule has 1 aromatic carbocycles. The minimum Gasteiger partial charge on any atom is -0.485 e. The summed E-state index contributed by atoms with van der Waals surface area (Å²) in [6, 6.07) is 5.95. The van der Waals surface area contributed by atoms with Gasteiger partial charge in [-0.05, 0) is 37.5 Å². The van der Waals surface area contributed by atoms with Gasteiger partial charge in [-0.15, -0.1) is 0 Å². The molecule has 0 amide bonds. The Bertz CT molecular complexity index is 442. The maximum Gasteiger partial charge on any atom is 0.166 e. The Labute approximate surface area is 99.4 Å². The highest BCUT2D eigenvalue weighted by Gasteiger charge is 2.25. The first-order chi connectivity index (χ1) is 8.20. The van der Waals surface area contributed by atoms with Crippen molar-refractivity contribution in [2.45, 2.75) is 37.9 Å². The standard InChI is InChI=1S/C13H14FNO2/c14-10-7-9(8-15)5-6-12(10)17-13-4-2-1-3-11(13)16/h5-7,11,13,16H,1-4H2/t11-,13-/m0/s1. The summed E-state index contributed by atoms with van der Waals surface area (Å²) in [6.45, 7) is 0. The van der Waals surface area contributed by atoms with Crippen molar-refractivity contribution in [1.29, 1.82) is 5.26 Å². The predicted octanol–water partition coefficient (Wildman–Crippen LogP) is 2.38. The zero-order chi connectivity index (χ0) is 12.3. The highest BCUT2D eigenvalue weighted by Crippen LogP contribution is 2.26. The summed E-state index contributed by atoms with van der Waals surface area (Å²) in [4.78, 5) is 0. The molecule has 0 radical (unpaired) electrons. The SMILES string of the molecule is N#Cc1ccc(O[C@H]2CCCC[C@@H]2O)c(F)c1. The molecule has 2 rings (SSSR count). The van der Waals surface area contributed by atoms with Gasteiger partial charge in [-0.3, -0.25) is 0 Å². The molecule has 4 heteroatoms. The number of ether oxygens (including phenoxy) is 1. The second kappa shape index (κ2) is 5.15. The van der Waals surface area contributed by atoms with Crippen LogP contribution >= 0.6 is 0 Å². The van der Waals surface area contributed by atoms with Gasteiger partial charge in [0.15, 0.2) is 11.6 Å². The number of hydrogen-bond donors (Lipinski definition) is 1. The fourth-order valence-electron chi connectivity index (χ4n) is 2.04. The van der Waals surface area contributed by atoms with E-state index < -0.39 is 11.9 Å². The zero-order valence-corrected chi connectivity index (χ0v) is 9.40. The van der Waals surface area contributed by atoms with E-state index >= 15 is 0 Å². The number of aliphatic hydroxyl groups excluding tert-OH is 1. The van der Waals surface area contributed by atoms with Crippen LogP contribution in [-0.2, 0) is 0 Å². The van der Waals surface area contributed by atoms with Crippen LogP contribution in [-0.4, -0.2) is 17.3 Å². The van der Waals surface area contributed by atoms with Gasteiger partial charge < -0.3 is 9.84 Å². The quantitative estimate of drug-likeness (QED) is 0.856. The number of rotatable bonds is 2. The Morgan fingerprint density at radius 1 is 1.35 bits per heavy atom. The van der Waals surface area contributed by atoms with Gasteiger partial charge in [-0.2, -0.15) is 5.26 Å². The van der Waals surface area contributed by atoms with E-state index in [0.29, 0.717) is 6.42 Å². The van der Waals surface area contributed by atoms with Gasteiger partial charge in [0.2, 0.25) is 0 Å². The Kier molecular flexibility index (Phi) is 3.60. The van der Waals surface area contributed by atoms with E-state index in [2.05, 4.69) is 0 Å². The molecule has 0 aromatic heterocycles. The van der Waals surface area contributed by atoms with Crippen LogP contribution in [0.1, 0.15) is 31.2 Å². The van der Waals surface area contributed by atoms with Gasteiger partial charge in [0.05, 0.1) is 17.7 Å². The predicted molar refractivity (Wildman–Crippen MR) is 60.0 cm³/mol. The lowest BCUT2D eigenvalue weighted by Crippen LogP contribution is -2.34. The lowest BCUT2D eigenvalue weighted by molar-refractivity contribution is 0.00499. The number of nitrogens with zero attached hydrogens (tertiary/aromatic N) is 1. The molecule has 0 bridgehead atoms. The van der Waals surface area contributed by atoms with E-state index in [9.17, 15) is 9.50 Å². The van der Waals surface area contributed by atoms with E-state index in [1.165, 1.54) is 12.1 Å². The monoisotopic (exact) mass is 235 g/mol. The maximum absolute atomic E-state index is 13.6.